The fraction of sp³-hybridized carbons (Fsp3) is 0.421. The maximum Gasteiger partial charge on any atom is 0.274 e. The molecule has 132 valence electrons. The lowest BCUT2D eigenvalue weighted by molar-refractivity contribution is 0.0298. The summed E-state index contributed by atoms with van der Waals surface area (Å²) in [6.07, 6.45) is 0. The molecular formula is C19H24N4O2. The summed E-state index contributed by atoms with van der Waals surface area (Å²) in [5.41, 5.74) is 2.69. The highest BCUT2D eigenvalue weighted by Gasteiger charge is 2.20. The fourth-order valence-electron chi connectivity index (χ4n) is 2.64. The lowest BCUT2D eigenvalue weighted by Gasteiger charge is -2.26. The predicted octanol–water partition coefficient (Wildman–Crippen LogP) is 2.99. The van der Waals surface area contributed by atoms with Gasteiger partial charge in [-0.15, -0.1) is 10.2 Å². The number of nitrogens with one attached hydrogen (secondary N) is 1. The van der Waals surface area contributed by atoms with E-state index in [9.17, 15) is 4.79 Å². The Labute approximate surface area is 148 Å². The van der Waals surface area contributed by atoms with Gasteiger partial charge >= 0.3 is 0 Å². The number of rotatable bonds is 3. The highest BCUT2D eigenvalue weighted by Crippen LogP contribution is 2.24. The van der Waals surface area contributed by atoms with Crippen LogP contribution in [0.4, 0.5) is 11.5 Å². The SMILES string of the molecule is CC(C)(C)c1ccc(Nc2ccc(C(=O)N3CCOCC3)nn2)cc1. The number of hydrogen-bond acceptors (Lipinski definition) is 5. The zero-order valence-electron chi connectivity index (χ0n) is 15.0. The molecule has 1 saturated heterocycles. The molecule has 1 aromatic carbocycles. The summed E-state index contributed by atoms with van der Waals surface area (Å²) in [5.74, 6) is 0.513. The van der Waals surface area contributed by atoms with Crippen LogP contribution in [-0.4, -0.2) is 47.3 Å². The van der Waals surface area contributed by atoms with Crippen molar-refractivity contribution in [3.05, 3.63) is 47.7 Å². The molecule has 3 rings (SSSR count). The normalized spacial score (nSPS) is 15.1. The Morgan fingerprint density at radius 3 is 2.28 bits per heavy atom. The maximum atomic E-state index is 12.3. The first-order valence-corrected chi connectivity index (χ1v) is 8.52. The molecule has 0 atom stereocenters. The standard InChI is InChI=1S/C19H24N4O2/c1-19(2,3)14-4-6-15(7-5-14)20-17-9-8-16(21-22-17)18(24)23-10-12-25-13-11-23/h4-9H,10-13H2,1-3H3,(H,20,22). The van der Waals surface area contributed by atoms with Gasteiger partial charge in [-0.05, 0) is 35.2 Å². The largest absolute Gasteiger partial charge is 0.378 e. The van der Waals surface area contributed by atoms with Crippen molar-refractivity contribution in [1.82, 2.24) is 15.1 Å². The molecule has 2 heterocycles. The first-order chi connectivity index (χ1) is 11.9. The van der Waals surface area contributed by atoms with Crippen LogP contribution in [0.2, 0.25) is 0 Å². The van der Waals surface area contributed by atoms with Gasteiger partial charge in [0.05, 0.1) is 13.2 Å². The first-order valence-electron chi connectivity index (χ1n) is 8.52. The smallest absolute Gasteiger partial charge is 0.274 e. The Bertz CT molecular complexity index is 715. The molecule has 0 radical (unpaired) electrons. The van der Waals surface area contributed by atoms with Gasteiger partial charge in [0.25, 0.3) is 5.91 Å². The number of nitrogens with zero attached hydrogens (tertiary/aromatic N) is 3. The number of carbonyl (C=O) groups excluding carboxylic acids is 1. The third-order valence-corrected chi connectivity index (χ3v) is 4.21. The molecule has 0 saturated carbocycles. The minimum Gasteiger partial charge on any atom is -0.378 e. The summed E-state index contributed by atoms with van der Waals surface area (Å²) < 4.78 is 5.26. The highest BCUT2D eigenvalue weighted by atomic mass is 16.5. The number of benzene rings is 1. The number of carbonyl (C=O) groups is 1. The van der Waals surface area contributed by atoms with E-state index in [4.69, 9.17) is 4.74 Å². The van der Waals surface area contributed by atoms with Crippen molar-refractivity contribution in [2.45, 2.75) is 26.2 Å². The Morgan fingerprint density at radius 2 is 1.72 bits per heavy atom. The molecule has 6 heteroatoms. The van der Waals surface area contributed by atoms with Crippen LogP contribution in [-0.2, 0) is 10.2 Å². The van der Waals surface area contributed by atoms with E-state index in [1.165, 1.54) is 5.56 Å². The molecule has 1 aromatic heterocycles. The van der Waals surface area contributed by atoms with Crippen LogP contribution in [0.1, 0.15) is 36.8 Å². The molecule has 1 N–H and O–H groups in total. The van der Waals surface area contributed by atoms with Crippen LogP contribution in [0.25, 0.3) is 0 Å². The average molecular weight is 340 g/mol. The van der Waals surface area contributed by atoms with E-state index in [-0.39, 0.29) is 11.3 Å². The minimum atomic E-state index is -0.100. The van der Waals surface area contributed by atoms with Gasteiger partial charge in [0.15, 0.2) is 11.5 Å². The van der Waals surface area contributed by atoms with E-state index in [1.807, 2.05) is 12.1 Å². The second-order valence-electron chi connectivity index (χ2n) is 7.16. The molecule has 0 unspecified atom stereocenters. The van der Waals surface area contributed by atoms with Crippen LogP contribution in [0.15, 0.2) is 36.4 Å². The van der Waals surface area contributed by atoms with Crippen LogP contribution in [0.5, 0.6) is 0 Å². The van der Waals surface area contributed by atoms with Gasteiger partial charge in [-0.3, -0.25) is 4.79 Å². The van der Waals surface area contributed by atoms with Crippen LogP contribution >= 0.6 is 0 Å². The average Bonchev–Trinajstić information content (AvgIpc) is 2.62. The monoisotopic (exact) mass is 340 g/mol. The summed E-state index contributed by atoms with van der Waals surface area (Å²) in [6, 6.07) is 11.7. The molecule has 0 bridgehead atoms. The number of aromatic nitrogens is 2. The van der Waals surface area contributed by atoms with Gasteiger partial charge in [-0.25, -0.2) is 0 Å². The zero-order chi connectivity index (χ0) is 17.9. The minimum absolute atomic E-state index is 0.100. The maximum absolute atomic E-state index is 12.3. The van der Waals surface area contributed by atoms with Crippen molar-refractivity contribution in [3.8, 4) is 0 Å². The molecular weight excluding hydrogens is 316 g/mol. The number of morpholine rings is 1. The number of hydrogen-bond donors (Lipinski definition) is 1. The quantitative estimate of drug-likeness (QED) is 0.930. The number of anilines is 2. The molecule has 25 heavy (non-hydrogen) atoms. The van der Waals surface area contributed by atoms with Gasteiger partial charge < -0.3 is 15.0 Å². The van der Waals surface area contributed by atoms with Crippen LogP contribution < -0.4 is 5.32 Å². The van der Waals surface area contributed by atoms with Crippen molar-refractivity contribution in [2.24, 2.45) is 0 Å². The van der Waals surface area contributed by atoms with Crippen molar-refractivity contribution >= 4 is 17.4 Å². The molecule has 1 aliphatic rings. The molecule has 1 fully saturated rings. The summed E-state index contributed by atoms with van der Waals surface area (Å²) in [6.45, 7) is 8.90. The number of ether oxygens (including phenoxy) is 1. The molecule has 1 aliphatic heterocycles. The Kier molecular flexibility index (Phi) is 4.99. The topological polar surface area (TPSA) is 67.4 Å². The van der Waals surface area contributed by atoms with E-state index in [0.717, 1.165) is 5.69 Å². The lowest BCUT2D eigenvalue weighted by atomic mass is 9.87. The summed E-state index contributed by atoms with van der Waals surface area (Å²) in [4.78, 5) is 14.1. The van der Waals surface area contributed by atoms with Gasteiger partial charge in [0.2, 0.25) is 0 Å². The molecule has 0 spiro atoms. The lowest BCUT2D eigenvalue weighted by Crippen LogP contribution is -2.41. The van der Waals surface area contributed by atoms with E-state index in [1.54, 1.807) is 17.0 Å². The summed E-state index contributed by atoms with van der Waals surface area (Å²) >= 11 is 0. The summed E-state index contributed by atoms with van der Waals surface area (Å²) in [5, 5.41) is 11.4. The van der Waals surface area contributed by atoms with Crippen LogP contribution in [0.3, 0.4) is 0 Å². The van der Waals surface area contributed by atoms with Gasteiger partial charge in [0.1, 0.15) is 0 Å². The fourth-order valence-corrected chi connectivity index (χ4v) is 2.64. The third kappa shape index (κ3) is 4.33. The van der Waals surface area contributed by atoms with Crippen LogP contribution in [0, 0.1) is 0 Å². The summed E-state index contributed by atoms with van der Waals surface area (Å²) in [7, 11) is 0. The molecule has 2 aromatic rings. The Hall–Kier alpha value is -2.47. The van der Waals surface area contributed by atoms with E-state index in [2.05, 4.69) is 48.4 Å². The molecule has 1 amide bonds. The van der Waals surface area contributed by atoms with E-state index < -0.39 is 0 Å². The van der Waals surface area contributed by atoms with E-state index >= 15 is 0 Å². The third-order valence-electron chi connectivity index (χ3n) is 4.21. The first kappa shape index (κ1) is 17.4. The van der Waals surface area contributed by atoms with E-state index in [0.29, 0.717) is 37.8 Å². The van der Waals surface area contributed by atoms with Crippen molar-refractivity contribution < 1.29 is 9.53 Å². The predicted molar refractivity (Wildman–Crippen MR) is 97.2 cm³/mol. The van der Waals surface area contributed by atoms with Gasteiger partial charge in [-0.1, -0.05) is 32.9 Å². The van der Waals surface area contributed by atoms with Crippen molar-refractivity contribution in [3.63, 3.8) is 0 Å². The van der Waals surface area contributed by atoms with Crippen molar-refractivity contribution in [2.75, 3.05) is 31.6 Å². The molecule has 6 nitrogen and oxygen atoms in total. The Balaban J connectivity index is 1.65. The Morgan fingerprint density at radius 1 is 1.04 bits per heavy atom. The highest BCUT2D eigenvalue weighted by molar-refractivity contribution is 5.92. The van der Waals surface area contributed by atoms with Crippen molar-refractivity contribution in [1.29, 1.82) is 0 Å². The number of amides is 1. The van der Waals surface area contributed by atoms with Gasteiger partial charge in [0, 0.05) is 18.8 Å². The second-order valence-corrected chi connectivity index (χ2v) is 7.16. The second kappa shape index (κ2) is 7.19. The molecule has 0 aliphatic carbocycles. The zero-order valence-corrected chi connectivity index (χ0v) is 15.0. The van der Waals surface area contributed by atoms with Gasteiger partial charge in [-0.2, -0.15) is 0 Å².